The van der Waals surface area contributed by atoms with Crippen LogP contribution in [-0.2, 0) is 0 Å². The molecule has 102 valence electrons. The summed E-state index contributed by atoms with van der Waals surface area (Å²) in [6.45, 7) is 2.07. The third-order valence-electron chi connectivity index (χ3n) is 3.48. The number of ether oxygens (including phenoxy) is 1. The van der Waals surface area contributed by atoms with Gasteiger partial charge in [0, 0.05) is 22.2 Å². The van der Waals surface area contributed by atoms with Crippen LogP contribution in [0.1, 0.15) is 5.56 Å². The number of fused-ring (bicyclic) bond motifs is 1. The van der Waals surface area contributed by atoms with Gasteiger partial charge in [-0.25, -0.2) is 0 Å². The van der Waals surface area contributed by atoms with Gasteiger partial charge in [-0.1, -0.05) is 18.2 Å². The van der Waals surface area contributed by atoms with Crippen LogP contribution in [0, 0.1) is 6.92 Å². The van der Waals surface area contributed by atoms with Crippen LogP contribution in [0.3, 0.4) is 0 Å². The Morgan fingerprint density at radius 2 is 1.95 bits per heavy atom. The zero-order chi connectivity index (χ0) is 14.3. The van der Waals surface area contributed by atoms with Crippen molar-refractivity contribution in [3.63, 3.8) is 0 Å². The van der Waals surface area contributed by atoms with Gasteiger partial charge >= 0.3 is 0 Å². The zero-order valence-corrected chi connectivity index (χ0v) is 12.8. The van der Waals surface area contributed by atoms with Crippen LogP contribution in [0.5, 0.6) is 11.5 Å². The first-order valence-electron chi connectivity index (χ1n) is 6.26. The molecule has 20 heavy (non-hydrogen) atoms. The van der Waals surface area contributed by atoms with Crippen molar-refractivity contribution < 1.29 is 9.84 Å². The Morgan fingerprint density at radius 3 is 2.60 bits per heavy atom. The number of aromatic nitrogens is 1. The van der Waals surface area contributed by atoms with Gasteiger partial charge in [0.25, 0.3) is 0 Å². The molecule has 1 aromatic heterocycles. The van der Waals surface area contributed by atoms with Crippen LogP contribution >= 0.6 is 15.9 Å². The smallest absolute Gasteiger partial charge is 0.174 e. The van der Waals surface area contributed by atoms with E-state index in [4.69, 9.17) is 4.74 Å². The normalized spacial score (nSPS) is 10.9. The van der Waals surface area contributed by atoms with Gasteiger partial charge in [0.1, 0.15) is 0 Å². The summed E-state index contributed by atoms with van der Waals surface area (Å²) in [6.07, 6.45) is 0. The van der Waals surface area contributed by atoms with Crippen molar-refractivity contribution in [2.45, 2.75) is 6.92 Å². The molecule has 0 aliphatic carbocycles. The summed E-state index contributed by atoms with van der Waals surface area (Å²) in [5.74, 6) is 0.567. The molecule has 0 fully saturated rings. The predicted molar refractivity (Wildman–Crippen MR) is 84.4 cm³/mol. The summed E-state index contributed by atoms with van der Waals surface area (Å²) in [5.41, 5.74) is 4.18. The van der Waals surface area contributed by atoms with Gasteiger partial charge in [0.2, 0.25) is 0 Å². The molecule has 0 saturated carbocycles. The summed E-state index contributed by atoms with van der Waals surface area (Å²) < 4.78 is 5.88. The van der Waals surface area contributed by atoms with Crippen molar-refractivity contribution in [2.75, 3.05) is 7.11 Å². The molecule has 0 atom stereocenters. The number of nitrogens with one attached hydrogen (secondary N) is 1. The summed E-state index contributed by atoms with van der Waals surface area (Å²) in [7, 11) is 1.54. The number of hydrogen-bond acceptors (Lipinski definition) is 2. The number of aryl methyl sites for hydroxylation is 1. The van der Waals surface area contributed by atoms with Crippen molar-refractivity contribution in [3.05, 3.63) is 46.4 Å². The van der Waals surface area contributed by atoms with Crippen molar-refractivity contribution in [1.82, 2.24) is 4.98 Å². The molecule has 4 heteroatoms. The highest BCUT2D eigenvalue weighted by molar-refractivity contribution is 9.10. The second-order valence-corrected chi connectivity index (χ2v) is 5.54. The third kappa shape index (κ3) is 1.96. The zero-order valence-electron chi connectivity index (χ0n) is 11.2. The van der Waals surface area contributed by atoms with Crippen LogP contribution in [0.2, 0.25) is 0 Å². The topological polar surface area (TPSA) is 45.2 Å². The number of rotatable bonds is 2. The Labute approximate surface area is 125 Å². The fraction of sp³-hybridized carbons (Fsp3) is 0.125. The number of phenolic OH excluding ortho intramolecular Hbond substituents is 1. The molecule has 3 nitrogen and oxygen atoms in total. The van der Waals surface area contributed by atoms with Crippen molar-refractivity contribution in [1.29, 1.82) is 0 Å². The highest BCUT2D eigenvalue weighted by atomic mass is 79.9. The molecule has 0 spiro atoms. The standard InChI is InChI=1S/C16H14BrNO2/c1-9-11-5-3-4-6-13(11)18-15(9)10-7-12(17)16(20-2)14(19)8-10/h3-8,18-19H,1-2H3. The number of phenols is 1. The third-order valence-corrected chi connectivity index (χ3v) is 4.07. The van der Waals surface area contributed by atoms with Gasteiger partial charge in [-0.05, 0) is 46.6 Å². The lowest BCUT2D eigenvalue weighted by atomic mass is 10.1. The number of H-pyrrole nitrogens is 1. The number of hydrogen-bond donors (Lipinski definition) is 2. The van der Waals surface area contributed by atoms with Crippen LogP contribution in [0.25, 0.3) is 22.2 Å². The first-order chi connectivity index (χ1) is 9.61. The number of halogens is 1. The van der Waals surface area contributed by atoms with E-state index in [1.807, 2.05) is 24.3 Å². The molecule has 1 heterocycles. The Kier molecular flexibility index (Phi) is 3.18. The van der Waals surface area contributed by atoms with Crippen LogP contribution in [-0.4, -0.2) is 17.2 Å². The molecule has 2 N–H and O–H groups in total. The van der Waals surface area contributed by atoms with E-state index in [0.717, 1.165) is 26.8 Å². The lowest BCUT2D eigenvalue weighted by molar-refractivity contribution is 0.371. The average Bonchev–Trinajstić information content (AvgIpc) is 2.76. The number of aromatic hydroxyl groups is 1. The molecule has 0 radical (unpaired) electrons. The maximum atomic E-state index is 10.0. The minimum Gasteiger partial charge on any atom is -0.504 e. The summed E-state index contributed by atoms with van der Waals surface area (Å²) in [4.78, 5) is 3.40. The molecular formula is C16H14BrNO2. The van der Waals surface area contributed by atoms with E-state index in [1.165, 1.54) is 12.5 Å². The van der Waals surface area contributed by atoms with E-state index in [0.29, 0.717) is 5.75 Å². The summed E-state index contributed by atoms with van der Waals surface area (Å²) in [6, 6.07) is 11.8. The second-order valence-electron chi connectivity index (χ2n) is 4.68. The van der Waals surface area contributed by atoms with Gasteiger partial charge in [0.05, 0.1) is 11.6 Å². The quantitative estimate of drug-likeness (QED) is 0.719. The Bertz CT molecular complexity index is 769. The predicted octanol–water partition coefficient (Wildman–Crippen LogP) is 4.62. The average molecular weight is 332 g/mol. The second kappa shape index (κ2) is 4.87. The molecule has 0 unspecified atom stereocenters. The first-order valence-corrected chi connectivity index (χ1v) is 7.05. The molecule has 2 aromatic carbocycles. The maximum Gasteiger partial charge on any atom is 0.174 e. The molecule has 3 aromatic rings. The lowest BCUT2D eigenvalue weighted by Crippen LogP contribution is -1.88. The minimum absolute atomic E-state index is 0.120. The van der Waals surface area contributed by atoms with Gasteiger partial charge in [-0.2, -0.15) is 0 Å². The number of aromatic amines is 1. The van der Waals surface area contributed by atoms with Crippen molar-refractivity contribution in [3.8, 4) is 22.8 Å². The Morgan fingerprint density at radius 1 is 1.20 bits per heavy atom. The molecule has 0 saturated heterocycles. The van der Waals surface area contributed by atoms with Crippen LogP contribution < -0.4 is 4.74 Å². The Hall–Kier alpha value is -1.94. The van der Waals surface area contributed by atoms with Crippen molar-refractivity contribution >= 4 is 26.8 Å². The van der Waals surface area contributed by atoms with E-state index >= 15 is 0 Å². The molecular weight excluding hydrogens is 318 g/mol. The largest absolute Gasteiger partial charge is 0.504 e. The fourth-order valence-electron chi connectivity index (χ4n) is 2.50. The van der Waals surface area contributed by atoms with E-state index in [9.17, 15) is 5.11 Å². The van der Waals surface area contributed by atoms with Gasteiger partial charge in [-0.3, -0.25) is 0 Å². The fourth-order valence-corrected chi connectivity index (χ4v) is 3.11. The van der Waals surface area contributed by atoms with Crippen LogP contribution in [0.15, 0.2) is 40.9 Å². The van der Waals surface area contributed by atoms with E-state index < -0.39 is 0 Å². The molecule has 3 rings (SSSR count). The summed E-state index contributed by atoms with van der Waals surface area (Å²) in [5, 5.41) is 11.2. The molecule has 0 amide bonds. The van der Waals surface area contributed by atoms with Crippen molar-refractivity contribution in [2.24, 2.45) is 0 Å². The Balaban J connectivity index is 2.23. The molecule has 0 bridgehead atoms. The van der Waals surface area contributed by atoms with Crippen LogP contribution in [0.4, 0.5) is 0 Å². The number of benzene rings is 2. The van der Waals surface area contributed by atoms with Gasteiger partial charge < -0.3 is 14.8 Å². The van der Waals surface area contributed by atoms with Gasteiger partial charge in [0.15, 0.2) is 11.5 Å². The number of para-hydroxylation sites is 1. The molecule has 0 aliphatic heterocycles. The maximum absolute atomic E-state index is 10.0. The summed E-state index contributed by atoms with van der Waals surface area (Å²) >= 11 is 3.42. The first kappa shape index (κ1) is 13.1. The van der Waals surface area contributed by atoms with E-state index in [1.54, 1.807) is 6.07 Å². The minimum atomic E-state index is 0.120. The van der Waals surface area contributed by atoms with E-state index in [2.05, 4.69) is 33.9 Å². The highest BCUT2D eigenvalue weighted by Gasteiger charge is 2.14. The molecule has 0 aliphatic rings. The van der Waals surface area contributed by atoms with Gasteiger partial charge in [-0.15, -0.1) is 0 Å². The SMILES string of the molecule is COc1c(O)cc(-c2[nH]c3ccccc3c2C)cc1Br. The highest BCUT2D eigenvalue weighted by Crippen LogP contribution is 2.40. The number of methoxy groups -OCH3 is 1. The van der Waals surface area contributed by atoms with E-state index in [-0.39, 0.29) is 5.75 Å². The lowest BCUT2D eigenvalue weighted by Gasteiger charge is -2.09. The monoisotopic (exact) mass is 331 g/mol.